The summed E-state index contributed by atoms with van der Waals surface area (Å²) in [6, 6.07) is 3.33. The van der Waals surface area contributed by atoms with E-state index in [1.807, 2.05) is 19.2 Å². The van der Waals surface area contributed by atoms with Gasteiger partial charge in [0.25, 0.3) is 0 Å². The van der Waals surface area contributed by atoms with Gasteiger partial charge in [-0.1, -0.05) is 6.92 Å². The summed E-state index contributed by atoms with van der Waals surface area (Å²) in [5, 5.41) is 6.36. The Morgan fingerprint density at radius 3 is 2.78 bits per heavy atom. The second-order valence-electron chi connectivity index (χ2n) is 4.76. The molecule has 0 saturated heterocycles. The number of halogens is 3. The van der Waals surface area contributed by atoms with Crippen LogP contribution in [0, 0.1) is 6.92 Å². The van der Waals surface area contributed by atoms with Crippen LogP contribution < -0.4 is 10.2 Å². The van der Waals surface area contributed by atoms with E-state index in [0.29, 0.717) is 17.5 Å². The van der Waals surface area contributed by atoms with E-state index in [2.05, 4.69) is 15.5 Å². The highest BCUT2D eigenvalue weighted by molar-refractivity contribution is 7.13. The maximum atomic E-state index is 12.8. The molecule has 1 aromatic heterocycles. The molecule has 2 rings (SSSR count). The molecule has 0 bridgehead atoms. The van der Waals surface area contributed by atoms with Crippen LogP contribution in [0.25, 0.3) is 0 Å². The van der Waals surface area contributed by atoms with Gasteiger partial charge in [-0.25, -0.2) is 4.98 Å². The zero-order valence-corrected chi connectivity index (χ0v) is 13.5. The molecule has 2 aromatic rings. The number of nitrogens with zero attached hydrogens (tertiary/aromatic N) is 2. The summed E-state index contributed by atoms with van der Waals surface area (Å²) < 4.78 is 44.0. The Morgan fingerprint density at radius 1 is 1.39 bits per heavy atom. The van der Waals surface area contributed by atoms with Crippen molar-refractivity contribution in [2.24, 2.45) is 5.10 Å². The third kappa shape index (κ3) is 4.95. The van der Waals surface area contributed by atoms with Gasteiger partial charge < -0.3 is 4.74 Å². The lowest BCUT2D eigenvalue weighted by molar-refractivity contribution is -0.137. The first kappa shape index (κ1) is 17.3. The molecule has 0 aliphatic heterocycles. The lowest BCUT2D eigenvalue weighted by Crippen LogP contribution is -2.07. The average Bonchev–Trinajstić information content (AvgIpc) is 2.90. The van der Waals surface area contributed by atoms with Crippen LogP contribution in [0.15, 0.2) is 28.7 Å². The van der Waals surface area contributed by atoms with E-state index >= 15 is 0 Å². The SMILES string of the molecule is CCCOc1ccc(C(F)(F)F)cc1C=NNc1nc(C)cs1. The lowest BCUT2D eigenvalue weighted by atomic mass is 10.1. The minimum atomic E-state index is -4.41. The highest BCUT2D eigenvalue weighted by Gasteiger charge is 2.31. The van der Waals surface area contributed by atoms with Crippen LogP contribution in [0.4, 0.5) is 18.3 Å². The molecule has 0 atom stereocenters. The van der Waals surface area contributed by atoms with Gasteiger partial charge in [-0.15, -0.1) is 11.3 Å². The topological polar surface area (TPSA) is 46.5 Å². The number of benzene rings is 1. The van der Waals surface area contributed by atoms with E-state index in [9.17, 15) is 13.2 Å². The second-order valence-corrected chi connectivity index (χ2v) is 5.62. The summed E-state index contributed by atoms with van der Waals surface area (Å²) in [6.07, 6.45) is -2.35. The molecule has 1 aromatic carbocycles. The smallest absolute Gasteiger partial charge is 0.416 e. The van der Waals surface area contributed by atoms with Crippen molar-refractivity contribution in [2.45, 2.75) is 26.4 Å². The van der Waals surface area contributed by atoms with Gasteiger partial charge in [0, 0.05) is 10.9 Å². The molecular formula is C15H16F3N3OS. The Bertz CT molecular complexity index is 683. The molecule has 8 heteroatoms. The minimum Gasteiger partial charge on any atom is -0.493 e. The van der Waals surface area contributed by atoms with Crippen LogP contribution in [-0.4, -0.2) is 17.8 Å². The number of nitrogens with one attached hydrogen (secondary N) is 1. The summed E-state index contributed by atoms with van der Waals surface area (Å²) in [7, 11) is 0. The molecule has 4 nitrogen and oxygen atoms in total. The summed E-state index contributed by atoms with van der Waals surface area (Å²) in [5.41, 5.74) is 3.06. The molecule has 1 N–H and O–H groups in total. The van der Waals surface area contributed by atoms with Crippen molar-refractivity contribution < 1.29 is 17.9 Å². The Labute approximate surface area is 136 Å². The average molecular weight is 343 g/mol. The van der Waals surface area contributed by atoms with E-state index in [1.165, 1.54) is 23.6 Å². The lowest BCUT2D eigenvalue weighted by Gasteiger charge is -2.12. The number of anilines is 1. The number of hydrazone groups is 1. The van der Waals surface area contributed by atoms with Crippen LogP contribution in [-0.2, 0) is 6.18 Å². The molecule has 23 heavy (non-hydrogen) atoms. The molecule has 0 spiro atoms. The van der Waals surface area contributed by atoms with Crippen molar-refractivity contribution in [2.75, 3.05) is 12.0 Å². The van der Waals surface area contributed by atoms with Gasteiger partial charge in [0.2, 0.25) is 5.13 Å². The first-order valence-electron chi connectivity index (χ1n) is 6.95. The van der Waals surface area contributed by atoms with E-state index in [0.717, 1.165) is 24.2 Å². The molecular weight excluding hydrogens is 327 g/mol. The zero-order valence-electron chi connectivity index (χ0n) is 12.6. The summed E-state index contributed by atoms with van der Waals surface area (Å²) in [6.45, 7) is 4.18. The number of aryl methyl sites for hydroxylation is 1. The summed E-state index contributed by atoms with van der Waals surface area (Å²) in [4.78, 5) is 4.15. The van der Waals surface area contributed by atoms with Gasteiger partial charge in [0.1, 0.15) is 5.75 Å². The van der Waals surface area contributed by atoms with Crippen molar-refractivity contribution in [3.05, 3.63) is 40.4 Å². The van der Waals surface area contributed by atoms with Crippen LogP contribution >= 0.6 is 11.3 Å². The summed E-state index contributed by atoms with van der Waals surface area (Å²) >= 11 is 1.36. The van der Waals surface area contributed by atoms with Gasteiger partial charge in [0.05, 0.1) is 24.1 Å². The van der Waals surface area contributed by atoms with E-state index < -0.39 is 11.7 Å². The highest BCUT2D eigenvalue weighted by atomic mass is 32.1. The first-order valence-corrected chi connectivity index (χ1v) is 7.83. The number of aromatic nitrogens is 1. The van der Waals surface area contributed by atoms with E-state index in [4.69, 9.17) is 4.74 Å². The molecule has 0 saturated carbocycles. The van der Waals surface area contributed by atoms with Gasteiger partial charge in [-0.05, 0) is 31.5 Å². The molecule has 0 aliphatic carbocycles. The van der Waals surface area contributed by atoms with Crippen LogP contribution in [0.3, 0.4) is 0 Å². The van der Waals surface area contributed by atoms with Crippen molar-refractivity contribution in [1.82, 2.24) is 4.98 Å². The molecule has 0 fully saturated rings. The Morgan fingerprint density at radius 2 is 2.17 bits per heavy atom. The number of hydrogen-bond donors (Lipinski definition) is 1. The van der Waals surface area contributed by atoms with Crippen molar-refractivity contribution in [3.8, 4) is 5.75 Å². The normalized spacial score (nSPS) is 11.9. The number of thiazole rings is 1. The van der Waals surface area contributed by atoms with E-state index in [-0.39, 0.29) is 5.56 Å². The molecule has 0 unspecified atom stereocenters. The number of alkyl halides is 3. The van der Waals surface area contributed by atoms with Crippen LogP contribution in [0.1, 0.15) is 30.2 Å². The predicted molar refractivity (Wildman–Crippen MR) is 85.3 cm³/mol. The van der Waals surface area contributed by atoms with E-state index in [1.54, 1.807) is 0 Å². The van der Waals surface area contributed by atoms with Crippen LogP contribution in [0.2, 0.25) is 0 Å². The van der Waals surface area contributed by atoms with Gasteiger partial charge in [0.15, 0.2) is 0 Å². The predicted octanol–water partition coefficient (Wildman–Crippen LogP) is 4.71. The fraction of sp³-hybridized carbons (Fsp3) is 0.333. The zero-order chi connectivity index (χ0) is 16.9. The highest BCUT2D eigenvalue weighted by Crippen LogP contribution is 2.32. The van der Waals surface area contributed by atoms with Crippen molar-refractivity contribution in [1.29, 1.82) is 0 Å². The molecule has 0 radical (unpaired) electrons. The third-order valence-corrected chi connectivity index (χ3v) is 3.65. The fourth-order valence-corrected chi connectivity index (χ4v) is 2.37. The first-order chi connectivity index (χ1) is 10.9. The Balaban J connectivity index is 2.21. The number of ether oxygens (including phenoxy) is 1. The fourth-order valence-electron chi connectivity index (χ4n) is 1.73. The molecule has 0 aliphatic rings. The standard InChI is InChI=1S/C15H16F3N3OS/c1-3-6-22-13-5-4-12(15(16,17)18)7-11(13)8-19-21-14-20-10(2)9-23-14/h4-5,7-9H,3,6H2,1-2H3,(H,20,21). The summed E-state index contributed by atoms with van der Waals surface area (Å²) in [5.74, 6) is 0.362. The van der Waals surface area contributed by atoms with Crippen molar-refractivity contribution in [3.63, 3.8) is 0 Å². The maximum absolute atomic E-state index is 12.8. The minimum absolute atomic E-state index is 0.258. The van der Waals surface area contributed by atoms with Crippen molar-refractivity contribution >= 4 is 22.7 Å². The van der Waals surface area contributed by atoms with Gasteiger partial charge in [-0.2, -0.15) is 18.3 Å². The molecule has 0 amide bonds. The largest absolute Gasteiger partial charge is 0.493 e. The van der Waals surface area contributed by atoms with Gasteiger partial charge in [-0.3, -0.25) is 5.43 Å². The maximum Gasteiger partial charge on any atom is 0.416 e. The third-order valence-electron chi connectivity index (χ3n) is 2.78. The molecule has 124 valence electrons. The van der Waals surface area contributed by atoms with Crippen LogP contribution in [0.5, 0.6) is 5.75 Å². The monoisotopic (exact) mass is 343 g/mol. The second kappa shape index (κ2) is 7.45. The van der Waals surface area contributed by atoms with Gasteiger partial charge >= 0.3 is 6.18 Å². The Kier molecular flexibility index (Phi) is 5.59. The quantitative estimate of drug-likeness (QED) is 0.610. The Hall–Kier alpha value is -2.09. The molecule has 1 heterocycles. The number of hydrogen-bond acceptors (Lipinski definition) is 5. The number of rotatable bonds is 6.